The Bertz CT molecular complexity index is 1800. The number of benzene rings is 2. The summed E-state index contributed by atoms with van der Waals surface area (Å²) < 4.78 is 3.58. The number of fused-ring (bicyclic) bond motifs is 7. The number of anilines is 3. The summed E-state index contributed by atoms with van der Waals surface area (Å²) in [6, 6.07) is 12.6. The lowest BCUT2D eigenvalue weighted by molar-refractivity contribution is -0.117. The average Bonchev–Trinajstić information content (AvgIpc) is 3.63. The number of carbonyl (C=O) groups is 1. The fraction of sp³-hybridized carbons (Fsp3) is 0.355. The Balaban J connectivity index is 1.24. The maximum atomic E-state index is 13.6. The zero-order valence-corrected chi connectivity index (χ0v) is 22.6. The van der Waals surface area contributed by atoms with Gasteiger partial charge in [0, 0.05) is 36.2 Å². The number of hydrogen-bond acceptors (Lipinski definition) is 6. The van der Waals surface area contributed by atoms with Crippen LogP contribution in [0.3, 0.4) is 0 Å². The van der Waals surface area contributed by atoms with Crippen LogP contribution in [0.2, 0.25) is 0 Å². The summed E-state index contributed by atoms with van der Waals surface area (Å²) in [4.78, 5) is 40.1. The molecule has 4 aromatic rings. The monoisotopic (exact) mass is 533 g/mol. The Labute approximate surface area is 231 Å². The van der Waals surface area contributed by atoms with Crippen molar-refractivity contribution in [2.75, 3.05) is 30.4 Å². The molecule has 2 aromatic heterocycles. The number of allylic oxidation sites excluding steroid dienone is 2. The van der Waals surface area contributed by atoms with E-state index in [4.69, 9.17) is 4.98 Å². The SMILES string of the molecule is CN1CCc2ccc(Nc3ncc4c(=O)n5n(c4n3)-c3ccc4c(c3)N(CCC/C=C\C5)C(=O)C4)cc2C12CC2. The van der Waals surface area contributed by atoms with Gasteiger partial charge in [0.05, 0.1) is 18.7 Å². The van der Waals surface area contributed by atoms with Crippen molar-refractivity contribution >= 4 is 34.3 Å². The van der Waals surface area contributed by atoms with Crippen molar-refractivity contribution in [3.63, 3.8) is 0 Å². The Morgan fingerprint density at radius 1 is 1.00 bits per heavy atom. The summed E-state index contributed by atoms with van der Waals surface area (Å²) in [6.07, 6.45) is 11.3. The zero-order valence-electron chi connectivity index (χ0n) is 22.6. The van der Waals surface area contributed by atoms with E-state index in [0.717, 1.165) is 48.4 Å². The van der Waals surface area contributed by atoms with Gasteiger partial charge in [-0.1, -0.05) is 24.3 Å². The standard InChI is InChI=1S/C31H31N7O2/c1-35-15-10-20-6-8-22(17-25(20)31(35)11-12-31)33-30-32-19-24-28(34-30)38-23-9-7-21-16-27(39)36(26(21)18-23)13-4-2-3-5-14-37(38)29(24)40/h3,5-9,17-19H,2,4,10-16H2,1H3,(H,32,33,34)/b5-3-. The van der Waals surface area contributed by atoms with Gasteiger partial charge in [0.25, 0.3) is 5.56 Å². The summed E-state index contributed by atoms with van der Waals surface area (Å²) in [5.74, 6) is 0.572. The van der Waals surface area contributed by atoms with E-state index in [1.807, 2.05) is 33.9 Å². The molecule has 1 saturated carbocycles. The van der Waals surface area contributed by atoms with Crippen molar-refractivity contribution in [2.45, 2.75) is 50.6 Å². The molecule has 2 bridgehead atoms. The third-order valence-corrected chi connectivity index (χ3v) is 9.16. The molecule has 8 rings (SSSR count). The van der Waals surface area contributed by atoms with Gasteiger partial charge < -0.3 is 10.2 Å². The summed E-state index contributed by atoms with van der Waals surface area (Å²) in [6.45, 7) is 2.21. The lowest BCUT2D eigenvalue weighted by Gasteiger charge is -2.35. The van der Waals surface area contributed by atoms with Crippen LogP contribution in [0.25, 0.3) is 16.7 Å². The Morgan fingerprint density at radius 2 is 1.88 bits per heavy atom. The molecule has 9 heteroatoms. The number of nitrogens with zero attached hydrogens (tertiary/aromatic N) is 6. The van der Waals surface area contributed by atoms with E-state index in [9.17, 15) is 9.59 Å². The van der Waals surface area contributed by atoms with Crippen molar-refractivity contribution in [3.05, 3.63) is 81.8 Å². The Morgan fingerprint density at radius 3 is 2.75 bits per heavy atom. The summed E-state index contributed by atoms with van der Waals surface area (Å²) in [5, 5.41) is 3.88. The molecule has 0 atom stereocenters. The first-order valence-corrected chi connectivity index (χ1v) is 14.2. The van der Waals surface area contributed by atoms with Gasteiger partial charge in [-0.05, 0) is 80.1 Å². The molecular weight excluding hydrogens is 502 g/mol. The smallest absolute Gasteiger partial charge is 0.278 e. The van der Waals surface area contributed by atoms with Crippen LogP contribution in [0.15, 0.2) is 59.5 Å². The van der Waals surface area contributed by atoms with E-state index in [0.29, 0.717) is 36.5 Å². The number of nitrogens with one attached hydrogen (secondary N) is 1. The second-order valence-corrected chi connectivity index (χ2v) is 11.5. The van der Waals surface area contributed by atoms with E-state index in [1.165, 1.54) is 24.0 Å². The maximum Gasteiger partial charge on any atom is 0.278 e. The first-order chi connectivity index (χ1) is 19.5. The van der Waals surface area contributed by atoms with Crippen molar-refractivity contribution in [2.24, 2.45) is 0 Å². The molecule has 0 unspecified atom stereocenters. The highest BCUT2D eigenvalue weighted by atomic mass is 16.2. The van der Waals surface area contributed by atoms with E-state index < -0.39 is 0 Å². The molecule has 4 aliphatic rings. The van der Waals surface area contributed by atoms with Crippen LogP contribution in [0, 0.1) is 0 Å². The number of amides is 1. The molecule has 1 fully saturated rings. The molecule has 2 aromatic carbocycles. The second kappa shape index (κ2) is 8.63. The minimum absolute atomic E-state index is 0.126. The van der Waals surface area contributed by atoms with Gasteiger partial charge in [-0.2, -0.15) is 4.98 Å². The van der Waals surface area contributed by atoms with E-state index in [1.54, 1.807) is 10.9 Å². The van der Waals surface area contributed by atoms with Gasteiger partial charge >= 0.3 is 0 Å². The minimum atomic E-state index is -0.135. The number of likely N-dealkylation sites (N-methyl/N-ethyl adjacent to an activating group) is 1. The van der Waals surface area contributed by atoms with Crippen molar-refractivity contribution in [1.29, 1.82) is 0 Å². The molecule has 1 amide bonds. The van der Waals surface area contributed by atoms with E-state index in [-0.39, 0.29) is 17.0 Å². The number of carbonyl (C=O) groups excluding carboxylic acids is 1. The first kappa shape index (κ1) is 23.6. The van der Waals surface area contributed by atoms with Gasteiger partial charge in [0.2, 0.25) is 11.9 Å². The highest BCUT2D eigenvalue weighted by Crippen LogP contribution is 2.53. The third kappa shape index (κ3) is 3.50. The molecule has 40 heavy (non-hydrogen) atoms. The van der Waals surface area contributed by atoms with Gasteiger partial charge in [-0.15, -0.1) is 0 Å². The predicted octanol–water partition coefficient (Wildman–Crippen LogP) is 4.04. The van der Waals surface area contributed by atoms with Crippen molar-refractivity contribution in [3.8, 4) is 5.69 Å². The van der Waals surface area contributed by atoms with E-state index >= 15 is 0 Å². The van der Waals surface area contributed by atoms with Crippen LogP contribution < -0.4 is 15.8 Å². The largest absolute Gasteiger partial charge is 0.324 e. The number of hydrogen-bond donors (Lipinski definition) is 1. The van der Waals surface area contributed by atoms with Crippen LogP contribution in [-0.4, -0.2) is 50.3 Å². The van der Waals surface area contributed by atoms with Crippen LogP contribution in [0.5, 0.6) is 0 Å². The fourth-order valence-electron chi connectivity index (χ4n) is 6.81. The van der Waals surface area contributed by atoms with Gasteiger partial charge in [0.1, 0.15) is 5.39 Å². The van der Waals surface area contributed by atoms with Crippen LogP contribution in [0.4, 0.5) is 17.3 Å². The van der Waals surface area contributed by atoms with Crippen LogP contribution in [0.1, 0.15) is 42.4 Å². The topological polar surface area (TPSA) is 88.3 Å². The molecule has 3 aliphatic heterocycles. The highest BCUT2D eigenvalue weighted by molar-refractivity contribution is 6.01. The predicted molar refractivity (Wildman–Crippen MR) is 155 cm³/mol. The molecular formula is C31H31N7O2. The van der Waals surface area contributed by atoms with Crippen molar-refractivity contribution in [1.82, 2.24) is 24.2 Å². The van der Waals surface area contributed by atoms with Crippen LogP contribution >= 0.6 is 0 Å². The summed E-state index contributed by atoms with van der Waals surface area (Å²) in [7, 11) is 2.23. The quantitative estimate of drug-likeness (QED) is 0.392. The summed E-state index contributed by atoms with van der Waals surface area (Å²) >= 11 is 0. The minimum Gasteiger partial charge on any atom is -0.324 e. The molecule has 0 saturated heterocycles. The average molecular weight is 534 g/mol. The Kier molecular flexibility index (Phi) is 5.10. The van der Waals surface area contributed by atoms with Crippen LogP contribution in [-0.2, 0) is 29.7 Å². The molecule has 1 N–H and O–H groups in total. The lowest BCUT2D eigenvalue weighted by atomic mass is 9.90. The molecule has 1 spiro atoms. The maximum absolute atomic E-state index is 13.6. The van der Waals surface area contributed by atoms with Gasteiger partial charge in [-0.25, -0.2) is 14.3 Å². The second-order valence-electron chi connectivity index (χ2n) is 11.5. The zero-order chi connectivity index (χ0) is 27.0. The van der Waals surface area contributed by atoms with E-state index in [2.05, 4.69) is 46.5 Å². The Hall–Kier alpha value is -4.24. The van der Waals surface area contributed by atoms with Gasteiger partial charge in [-0.3, -0.25) is 14.5 Å². The van der Waals surface area contributed by atoms with Gasteiger partial charge in [0.15, 0.2) is 5.65 Å². The highest BCUT2D eigenvalue weighted by Gasteiger charge is 2.50. The fourth-order valence-corrected chi connectivity index (χ4v) is 6.81. The number of aromatic nitrogens is 4. The normalized spacial score (nSPS) is 20.1. The van der Waals surface area contributed by atoms with Crippen molar-refractivity contribution < 1.29 is 4.79 Å². The molecule has 5 heterocycles. The first-order valence-electron chi connectivity index (χ1n) is 14.2. The third-order valence-electron chi connectivity index (χ3n) is 9.16. The molecule has 1 aliphatic carbocycles. The molecule has 202 valence electrons. The molecule has 9 nitrogen and oxygen atoms in total. The lowest BCUT2D eigenvalue weighted by Crippen LogP contribution is -2.38. The molecule has 0 radical (unpaired) electrons. The number of rotatable bonds is 2. The summed E-state index contributed by atoms with van der Waals surface area (Å²) in [5.41, 5.74) is 7.11.